The van der Waals surface area contributed by atoms with Crippen LogP contribution >= 0.6 is 0 Å². The summed E-state index contributed by atoms with van der Waals surface area (Å²) in [6.07, 6.45) is 2.75. The second kappa shape index (κ2) is 8.63. The average molecular weight is 300 g/mol. The van der Waals surface area contributed by atoms with E-state index < -0.39 is 0 Å². The van der Waals surface area contributed by atoms with Crippen LogP contribution in [0.3, 0.4) is 0 Å². The Balaban J connectivity index is 3.10. The molecule has 0 saturated carbocycles. The molecular weight excluding hydrogens is 278 g/mol. The Morgan fingerprint density at radius 1 is 0.833 bits per heavy atom. The zero-order valence-electron chi connectivity index (χ0n) is 8.80. The SMILES string of the molecule is CCC(C)C[Se][Se]CC(C)CC. The van der Waals surface area contributed by atoms with Gasteiger partial charge in [0.2, 0.25) is 0 Å². The first-order valence-corrected chi connectivity index (χ1v) is 11.7. The first-order valence-electron chi connectivity index (χ1n) is 4.95. The topological polar surface area (TPSA) is 0 Å². The molecule has 2 unspecified atom stereocenters. The molecule has 0 radical (unpaired) electrons. The third-order valence-electron chi connectivity index (χ3n) is 2.18. The van der Waals surface area contributed by atoms with Gasteiger partial charge in [0, 0.05) is 0 Å². The predicted molar refractivity (Wildman–Crippen MR) is 60.0 cm³/mol. The van der Waals surface area contributed by atoms with Crippen molar-refractivity contribution < 1.29 is 0 Å². The Hall–Kier alpha value is 1.04. The summed E-state index contributed by atoms with van der Waals surface area (Å²) in [4.78, 5) is 0. The molecule has 12 heavy (non-hydrogen) atoms. The fraction of sp³-hybridized carbons (Fsp3) is 1.00. The Kier molecular flexibility index (Phi) is 9.38. The van der Waals surface area contributed by atoms with Crippen LogP contribution in [-0.4, -0.2) is 26.3 Å². The summed E-state index contributed by atoms with van der Waals surface area (Å²) >= 11 is 1.98. The first-order chi connectivity index (χ1) is 5.70. The molecule has 74 valence electrons. The van der Waals surface area contributed by atoms with E-state index in [-0.39, 0.29) is 0 Å². The van der Waals surface area contributed by atoms with E-state index in [1.165, 1.54) is 23.5 Å². The van der Waals surface area contributed by atoms with Crippen LogP contribution < -0.4 is 0 Å². The number of hydrogen-bond donors (Lipinski definition) is 0. The molecule has 0 bridgehead atoms. The molecule has 2 atom stereocenters. The Labute approximate surface area is 89.1 Å². The van der Waals surface area contributed by atoms with Gasteiger partial charge < -0.3 is 0 Å². The molecule has 0 aromatic carbocycles. The van der Waals surface area contributed by atoms with Crippen molar-refractivity contribution in [2.75, 3.05) is 0 Å². The van der Waals surface area contributed by atoms with Crippen molar-refractivity contribution in [3.05, 3.63) is 0 Å². The molecule has 2 heteroatoms. The van der Waals surface area contributed by atoms with Crippen LogP contribution in [-0.2, 0) is 0 Å². The molecule has 0 rings (SSSR count). The Bertz CT molecular complexity index is 81.8. The molecule has 0 heterocycles. The Morgan fingerprint density at radius 2 is 1.17 bits per heavy atom. The van der Waals surface area contributed by atoms with Gasteiger partial charge in [0.25, 0.3) is 0 Å². The van der Waals surface area contributed by atoms with Crippen molar-refractivity contribution in [1.82, 2.24) is 0 Å². The number of hydrogen-bond acceptors (Lipinski definition) is 0. The van der Waals surface area contributed by atoms with Gasteiger partial charge in [-0.3, -0.25) is 0 Å². The van der Waals surface area contributed by atoms with E-state index in [1.54, 1.807) is 0 Å². The van der Waals surface area contributed by atoms with Gasteiger partial charge >= 0.3 is 89.3 Å². The predicted octanol–water partition coefficient (Wildman–Crippen LogP) is 3.24. The molecule has 0 amide bonds. The van der Waals surface area contributed by atoms with Crippen LogP contribution in [0.15, 0.2) is 0 Å². The van der Waals surface area contributed by atoms with E-state index in [9.17, 15) is 0 Å². The fourth-order valence-electron chi connectivity index (χ4n) is 0.564. The second-order valence-corrected chi connectivity index (χ2v) is 11.1. The number of rotatable bonds is 7. The monoisotopic (exact) mass is 302 g/mol. The van der Waals surface area contributed by atoms with Crippen LogP contribution in [0.1, 0.15) is 40.5 Å². The van der Waals surface area contributed by atoms with Crippen LogP contribution in [0.2, 0.25) is 10.6 Å². The quantitative estimate of drug-likeness (QED) is 0.500. The summed E-state index contributed by atoms with van der Waals surface area (Å²) < 4.78 is 0. The van der Waals surface area contributed by atoms with Crippen molar-refractivity contribution >= 4 is 26.3 Å². The van der Waals surface area contributed by atoms with Crippen LogP contribution in [0.5, 0.6) is 0 Å². The minimum atomic E-state index is 0.990. The second-order valence-electron chi connectivity index (χ2n) is 3.60. The van der Waals surface area contributed by atoms with Crippen molar-refractivity contribution in [1.29, 1.82) is 0 Å². The molecule has 0 aromatic rings. The maximum atomic E-state index is 2.39. The summed E-state index contributed by atoms with van der Waals surface area (Å²) in [7, 11) is 0. The molecule has 0 aliphatic heterocycles. The van der Waals surface area contributed by atoms with Gasteiger partial charge in [-0.15, -0.1) is 0 Å². The summed E-state index contributed by atoms with van der Waals surface area (Å²) in [5.74, 6) is 1.98. The molecule has 0 nitrogen and oxygen atoms in total. The standard InChI is InChI=1S/C10H22Se2/c1-5-9(3)7-11-12-8-10(4)6-2/h9-10H,5-8H2,1-4H3. The zero-order valence-corrected chi connectivity index (χ0v) is 12.2. The fourth-order valence-corrected chi connectivity index (χ4v) is 10.1. The van der Waals surface area contributed by atoms with Crippen LogP contribution in [0.4, 0.5) is 0 Å². The van der Waals surface area contributed by atoms with Gasteiger partial charge in [-0.1, -0.05) is 0 Å². The average Bonchev–Trinajstić information content (AvgIpc) is 2.11. The summed E-state index contributed by atoms with van der Waals surface area (Å²) in [6, 6.07) is 0. The Morgan fingerprint density at radius 3 is 1.42 bits per heavy atom. The van der Waals surface area contributed by atoms with E-state index >= 15 is 0 Å². The summed E-state index contributed by atoms with van der Waals surface area (Å²) in [6.45, 7) is 9.40. The van der Waals surface area contributed by atoms with Gasteiger partial charge in [0.15, 0.2) is 0 Å². The molecule has 0 saturated heterocycles. The summed E-state index contributed by atoms with van der Waals surface area (Å²) in [5.41, 5.74) is 0. The van der Waals surface area contributed by atoms with Gasteiger partial charge in [-0.2, -0.15) is 0 Å². The van der Waals surface area contributed by atoms with Crippen LogP contribution in [0.25, 0.3) is 0 Å². The van der Waals surface area contributed by atoms with E-state index in [0.29, 0.717) is 0 Å². The third kappa shape index (κ3) is 7.68. The molecule has 0 aliphatic carbocycles. The maximum absolute atomic E-state index is 2.39. The van der Waals surface area contributed by atoms with Crippen molar-refractivity contribution in [2.45, 2.75) is 51.2 Å². The molecular formula is C10H22Se2. The third-order valence-corrected chi connectivity index (χ3v) is 10.3. The van der Waals surface area contributed by atoms with Crippen molar-refractivity contribution in [3.63, 3.8) is 0 Å². The van der Waals surface area contributed by atoms with Crippen molar-refractivity contribution in [2.24, 2.45) is 11.8 Å². The summed E-state index contributed by atoms with van der Waals surface area (Å²) in [5, 5.41) is 3.06. The first kappa shape index (κ1) is 13.0. The molecule has 0 aromatic heterocycles. The normalized spacial score (nSPS) is 16.0. The molecule has 0 spiro atoms. The van der Waals surface area contributed by atoms with Gasteiger partial charge in [-0.25, -0.2) is 0 Å². The zero-order chi connectivity index (χ0) is 9.40. The molecule has 0 fully saturated rings. The van der Waals surface area contributed by atoms with Gasteiger partial charge in [0.1, 0.15) is 0 Å². The molecule has 0 aliphatic rings. The van der Waals surface area contributed by atoms with E-state index in [1.807, 2.05) is 0 Å². The van der Waals surface area contributed by atoms with E-state index in [0.717, 1.165) is 38.1 Å². The minimum absolute atomic E-state index is 0.990. The molecule has 0 N–H and O–H groups in total. The van der Waals surface area contributed by atoms with Crippen LogP contribution in [0, 0.1) is 11.8 Å². The van der Waals surface area contributed by atoms with Gasteiger partial charge in [0.05, 0.1) is 0 Å². The van der Waals surface area contributed by atoms with Crippen molar-refractivity contribution in [3.8, 4) is 0 Å². The van der Waals surface area contributed by atoms with Gasteiger partial charge in [-0.05, 0) is 0 Å². The van der Waals surface area contributed by atoms with E-state index in [2.05, 4.69) is 27.7 Å². The van der Waals surface area contributed by atoms with E-state index in [4.69, 9.17) is 0 Å².